The first kappa shape index (κ1) is 24.1. The van der Waals surface area contributed by atoms with Crippen molar-refractivity contribution in [2.24, 2.45) is 0 Å². The number of hydrogen-bond donors (Lipinski definition) is 1. The molecular weight excluding hydrogens is 464 g/mol. The first-order chi connectivity index (χ1) is 16.8. The quantitative estimate of drug-likeness (QED) is 0.376. The van der Waals surface area contributed by atoms with E-state index in [-0.39, 0.29) is 10.6 Å². The largest absolute Gasteiger partial charge is 0.493 e. The maximum Gasteiger partial charge on any atom is 0.264 e. The molecule has 4 rings (SSSR count). The van der Waals surface area contributed by atoms with Gasteiger partial charge < -0.3 is 14.8 Å². The number of ether oxygens (including phenoxy) is 2. The highest BCUT2D eigenvalue weighted by molar-refractivity contribution is 7.92. The third-order valence-corrected chi connectivity index (χ3v) is 7.37. The predicted molar refractivity (Wildman–Crippen MR) is 138 cm³/mol. The van der Waals surface area contributed by atoms with E-state index >= 15 is 0 Å². The van der Waals surface area contributed by atoms with E-state index in [2.05, 4.69) is 5.32 Å². The van der Waals surface area contributed by atoms with Gasteiger partial charge in [-0.3, -0.25) is 9.10 Å². The number of sulfonamides is 1. The average Bonchev–Trinajstić information content (AvgIpc) is 2.87. The highest BCUT2D eigenvalue weighted by atomic mass is 32.2. The number of rotatable bonds is 8. The second-order valence-electron chi connectivity index (χ2n) is 7.97. The van der Waals surface area contributed by atoms with E-state index in [1.54, 1.807) is 30.3 Å². The van der Waals surface area contributed by atoms with Crippen LogP contribution < -0.4 is 19.1 Å². The second kappa shape index (κ2) is 10.1. The SMILES string of the molecule is COc1ccc(N(CC(=O)Nc2ccc3ccccc3c2)S(=O)(=O)c2ccc(C)cc2)cc1OC. The van der Waals surface area contributed by atoms with E-state index in [0.717, 1.165) is 20.6 Å². The normalized spacial score (nSPS) is 11.2. The van der Waals surface area contributed by atoms with Crippen LogP contribution in [-0.4, -0.2) is 35.1 Å². The van der Waals surface area contributed by atoms with Gasteiger partial charge in [-0.2, -0.15) is 0 Å². The standard InChI is InChI=1S/C27H26N2O5S/c1-19-8-13-24(14-9-19)35(31,32)29(23-12-15-25(33-2)26(17-23)34-3)18-27(30)28-22-11-10-20-6-4-5-7-21(20)16-22/h4-17H,18H2,1-3H3,(H,28,30). The summed E-state index contributed by atoms with van der Waals surface area (Å²) in [5.74, 6) is 0.319. The lowest BCUT2D eigenvalue weighted by Crippen LogP contribution is -2.38. The summed E-state index contributed by atoms with van der Waals surface area (Å²) < 4.78 is 39.0. The number of hydrogen-bond acceptors (Lipinski definition) is 5. The first-order valence-electron chi connectivity index (χ1n) is 10.9. The number of aryl methyl sites for hydroxylation is 1. The molecule has 0 fully saturated rings. The van der Waals surface area contributed by atoms with E-state index in [4.69, 9.17) is 9.47 Å². The number of carbonyl (C=O) groups excluding carboxylic acids is 1. The summed E-state index contributed by atoms with van der Waals surface area (Å²) >= 11 is 0. The predicted octanol–water partition coefficient (Wildman–Crippen LogP) is 5.00. The first-order valence-corrected chi connectivity index (χ1v) is 12.4. The van der Waals surface area contributed by atoms with Crippen molar-refractivity contribution in [1.82, 2.24) is 0 Å². The molecule has 0 saturated carbocycles. The summed E-state index contributed by atoms with van der Waals surface area (Å²) in [5, 5.41) is 4.83. The third kappa shape index (κ3) is 5.22. The van der Waals surface area contributed by atoms with Gasteiger partial charge in [0, 0.05) is 11.8 Å². The van der Waals surface area contributed by atoms with E-state index in [9.17, 15) is 13.2 Å². The zero-order valence-electron chi connectivity index (χ0n) is 19.7. The Kier molecular flexibility index (Phi) is 6.93. The van der Waals surface area contributed by atoms with Gasteiger partial charge in [0.05, 0.1) is 24.8 Å². The van der Waals surface area contributed by atoms with Gasteiger partial charge in [-0.15, -0.1) is 0 Å². The van der Waals surface area contributed by atoms with Gasteiger partial charge in [-0.05, 0) is 54.1 Å². The summed E-state index contributed by atoms with van der Waals surface area (Å²) in [6, 6.07) is 24.5. The lowest BCUT2D eigenvalue weighted by Gasteiger charge is -2.25. The molecule has 1 N–H and O–H groups in total. The highest BCUT2D eigenvalue weighted by Gasteiger charge is 2.28. The molecule has 35 heavy (non-hydrogen) atoms. The smallest absolute Gasteiger partial charge is 0.264 e. The van der Waals surface area contributed by atoms with Gasteiger partial charge in [-0.1, -0.05) is 48.0 Å². The number of benzene rings is 4. The van der Waals surface area contributed by atoms with Crippen LogP contribution in [0.3, 0.4) is 0 Å². The van der Waals surface area contributed by atoms with Crippen LogP contribution in [0.15, 0.2) is 89.8 Å². The summed E-state index contributed by atoms with van der Waals surface area (Å²) in [6.45, 7) is 1.44. The zero-order valence-corrected chi connectivity index (χ0v) is 20.5. The molecule has 8 heteroatoms. The highest BCUT2D eigenvalue weighted by Crippen LogP contribution is 2.34. The van der Waals surface area contributed by atoms with Crippen molar-refractivity contribution >= 4 is 38.1 Å². The Labute approximate surface area is 205 Å². The maximum absolute atomic E-state index is 13.6. The number of nitrogens with zero attached hydrogens (tertiary/aromatic N) is 1. The third-order valence-electron chi connectivity index (χ3n) is 5.58. The summed E-state index contributed by atoms with van der Waals surface area (Å²) in [7, 11) is -1.10. The molecule has 7 nitrogen and oxygen atoms in total. The summed E-state index contributed by atoms with van der Waals surface area (Å²) in [6.07, 6.45) is 0. The molecule has 0 saturated heterocycles. The van der Waals surface area contributed by atoms with Crippen molar-refractivity contribution in [2.75, 3.05) is 30.4 Å². The molecule has 1 amide bonds. The molecule has 4 aromatic rings. The number of fused-ring (bicyclic) bond motifs is 1. The molecule has 4 aromatic carbocycles. The molecule has 180 valence electrons. The van der Waals surface area contributed by atoms with Gasteiger partial charge in [0.1, 0.15) is 6.54 Å². The topological polar surface area (TPSA) is 84.9 Å². The molecule has 0 bridgehead atoms. The fourth-order valence-electron chi connectivity index (χ4n) is 3.73. The van der Waals surface area contributed by atoms with Gasteiger partial charge in [0.25, 0.3) is 10.0 Å². The maximum atomic E-state index is 13.6. The van der Waals surface area contributed by atoms with Crippen LogP contribution >= 0.6 is 0 Å². The van der Waals surface area contributed by atoms with Crippen molar-refractivity contribution < 1.29 is 22.7 Å². The van der Waals surface area contributed by atoms with Crippen LogP contribution in [0.25, 0.3) is 10.8 Å². The zero-order chi connectivity index (χ0) is 25.0. The Morgan fingerprint density at radius 2 is 1.51 bits per heavy atom. The van der Waals surface area contributed by atoms with Crippen molar-refractivity contribution in [3.63, 3.8) is 0 Å². The molecule has 0 spiro atoms. The monoisotopic (exact) mass is 490 g/mol. The average molecular weight is 491 g/mol. The van der Waals surface area contributed by atoms with Gasteiger partial charge in [0.15, 0.2) is 11.5 Å². The second-order valence-corrected chi connectivity index (χ2v) is 9.84. The van der Waals surface area contributed by atoms with E-state index < -0.39 is 22.5 Å². The number of amides is 1. The molecule has 0 unspecified atom stereocenters. The van der Waals surface area contributed by atoms with Crippen molar-refractivity contribution in [1.29, 1.82) is 0 Å². The van der Waals surface area contributed by atoms with Crippen LogP contribution in [0, 0.1) is 6.92 Å². The molecule has 0 aliphatic carbocycles. The summed E-state index contributed by atoms with van der Waals surface area (Å²) in [4.78, 5) is 13.1. The molecule has 0 atom stereocenters. The minimum atomic E-state index is -4.06. The van der Waals surface area contributed by atoms with Crippen molar-refractivity contribution in [2.45, 2.75) is 11.8 Å². The molecule has 0 aliphatic rings. The molecule has 0 aliphatic heterocycles. The number of nitrogens with one attached hydrogen (secondary N) is 1. The van der Waals surface area contributed by atoms with Gasteiger partial charge in [0.2, 0.25) is 5.91 Å². The van der Waals surface area contributed by atoms with Crippen LogP contribution in [0.4, 0.5) is 11.4 Å². The number of anilines is 2. The molecule has 0 radical (unpaired) electrons. The Balaban J connectivity index is 1.69. The lowest BCUT2D eigenvalue weighted by molar-refractivity contribution is -0.114. The molecular formula is C27H26N2O5S. The number of methoxy groups -OCH3 is 2. The van der Waals surface area contributed by atoms with Gasteiger partial charge >= 0.3 is 0 Å². The van der Waals surface area contributed by atoms with E-state index in [1.165, 1.54) is 32.4 Å². The van der Waals surface area contributed by atoms with Crippen molar-refractivity contribution in [3.05, 3.63) is 90.5 Å². The molecule has 0 aromatic heterocycles. The number of carbonyl (C=O) groups is 1. The fraction of sp³-hybridized carbons (Fsp3) is 0.148. The van der Waals surface area contributed by atoms with Crippen LogP contribution in [0.5, 0.6) is 11.5 Å². The minimum absolute atomic E-state index is 0.0800. The Morgan fingerprint density at radius 1 is 0.829 bits per heavy atom. The Hall–Kier alpha value is -4.04. The van der Waals surface area contributed by atoms with Crippen LogP contribution in [-0.2, 0) is 14.8 Å². The minimum Gasteiger partial charge on any atom is -0.493 e. The lowest BCUT2D eigenvalue weighted by atomic mass is 10.1. The van der Waals surface area contributed by atoms with Crippen LogP contribution in [0.2, 0.25) is 0 Å². The summed E-state index contributed by atoms with van der Waals surface area (Å²) in [5.41, 5.74) is 1.78. The molecule has 0 heterocycles. The fourth-order valence-corrected chi connectivity index (χ4v) is 5.14. The van der Waals surface area contributed by atoms with E-state index in [1.807, 2.05) is 43.3 Å². The Morgan fingerprint density at radius 3 is 2.20 bits per heavy atom. The van der Waals surface area contributed by atoms with Crippen molar-refractivity contribution in [3.8, 4) is 11.5 Å². The Bertz CT molecular complexity index is 1470. The van der Waals surface area contributed by atoms with Crippen LogP contribution in [0.1, 0.15) is 5.56 Å². The van der Waals surface area contributed by atoms with E-state index in [0.29, 0.717) is 17.2 Å². The van der Waals surface area contributed by atoms with Gasteiger partial charge in [-0.25, -0.2) is 8.42 Å².